The maximum Gasteiger partial charge on any atom is 0.137 e. The third-order valence-electron chi connectivity index (χ3n) is 6.40. The Kier molecular flexibility index (Phi) is 5.20. The van der Waals surface area contributed by atoms with Gasteiger partial charge in [-0.2, -0.15) is 5.26 Å². The predicted octanol–water partition coefficient (Wildman–Crippen LogP) is 2.76. The van der Waals surface area contributed by atoms with Crippen LogP contribution in [0, 0.1) is 11.3 Å². The molecule has 2 unspecified atom stereocenters. The van der Waals surface area contributed by atoms with Crippen LogP contribution in [-0.4, -0.2) is 52.2 Å². The van der Waals surface area contributed by atoms with Gasteiger partial charge in [0.05, 0.1) is 35.0 Å². The molecule has 31 heavy (non-hydrogen) atoms. The van der Waals surface area contributed by atoms with Crippen molar-refractivity contribution in [3.05, 3.63) is 71.7 Å². The summed E-state index contributed by atoms with van der Waals surface area (Å²) in [5, 5.41) is 13.1. The van der Waals surface area contributed by atoms with Gasteiger partial charge >= 0.3 is 0 Å². The number of benzene rings is 2. The Hall–Kier alpha value is -3.18. The predicted molar refractivity (Wildman–Crippen MR) is 121 cm³/mol. The van der Waals surface area contributed by atoms with Crippen LogP contribution >= 0.6 is 0 Å². The molecule has 158 valence electrons. The minimum Gasteiger partial charge on any atom is -0.352 e. The van der Waals surface area contributed by atoms with Crippen LogP contribution < -0.4 is 11.1 Å². The van der Waals surface area contributed by atoms with Crippen LogP contribution in [0.25, 0.3) is 16.6 Å². The van der Waals surface area contributed by atoms with E-state index in [1.807, 2.05) is 24.3 Å². The molecule has 5 rings (SSSR count). The molecular formula is C24H27N7. The second-order valence-electron chi connectivity index (χ2n) is 8.46. The molecule has 1 saturated heterocycles. The SMILES string of the molecule is CN1C=C(c2ccc3nc[nH]c3c2)C(c2ccc(C#N)cc2)NC1N1CCC(N)CC1. The molecule has 1 fully saturated rings. The van der Waals surface area contributed by atoms with Crippen LogP contribution in [0.15, 0.2) is 55.0 Å². The monoisotopic (exact) mass is 413 g/mol. The van der Waals surface area contributed by atoms with Crippen LogP contribution in [0.5, 0.6) is 0 Å². The van der Waals surface area contributed by atoms with Gasteiger partial charge in [-0.3, -0.25) is 10.2 Å². The van der Waals surface area contributed by atoms with Gasteiger partial charge in [0.1, 0.15) is 6.29 Å². The minimum atomic E-state index is 0.00455. The zero-order valence-corrected chi connectivity index (χ0v) is 17.6. The number of nitrogens with one attached hydrogen (secondary N) is 2. The van der Waals surface area contributed by atoms with E-state index in [1.165, 1.54) is 5.57 Å². The van der Waals surface area contributed by atoms with E-state index in [2.05, 4.69) is 62.6 Å². The number of piperidine rings is 1. The fourth-order valence-electron chi connectivity index (χ4n) is 4.63. The van der Waals surface area contributed by atoms with Crippen molar-refractivity contribution in [2.24, 2.45) is 5.73 Å². The minimum absolute atomic E-state index is 0.00455. The first-order chi connectivity index (χ1) is 15.1. The summed E-state index contributed by atoms with van der Waals surface area (Å²) in [5.41, 5.74) is 12.3. The number of fused-ring (bicyclic) bond motifs is 1. The summed E-state index contributed by atoms with van der Waals surface area (Å²) < 4.78 is 0. The van der Waals surface area contributed by atoms with Crippen LogP contribution in [0.1, 0.15) is 35.6 Å². The van der Waals surface area contributed by atoms with E-state index >= 15 is 0 Å². The molecule has 0 amide bonds. The van der Waals surface area contributed by atoms with Crippen molar-refractivity contribution in [3.63, 3.8) is 0 Å². The zero-order chi connectivity index (χ0) is 21.4. The molecule has 3 aromatic rings. The first kappa shape index (κ1) is 19.8. The summed E-state index contributed by atoms with van der Waals surface area (Å²) >= 11 is 0. The third kappa shape index (κ3) is 3.81. The van der Waals surface area contributed by atoms with Crippen molar-refractivity contribution in [1.82, 2.24) is 25.1 Å². The molecule has 3 heterocycles. The van der Waals surface area contributed by atoms with Crippen molar-refractivity contribution < 1.29 is 0 Å². The van der Waals surface area contributed by atoms with E-state index in [9.17, 15) is 5.26 Å². The summed E-state index contributed by atoms with van der Waals surface area (Å²) in [4.78, 5) is 12.3. The molecule has 0 radical (unpaired) electrons. The highest BCUT2D eigenvalue weighted by Crippen LogP contribution is 2.36. The number of nitriles is 1. The van der Waals surface area contributed by atoms with Crippen molar-refractivity contribution in [1.29, 1.82) is 5.26 Å². The molecule has 0 saturated carbocycles. The summed E-state index contributed by atoms with van der Waals surface area (Å²) in [7, 11) is 2.12. The Bertz CT molecular complexity index is 1130. The van der Waals surface area contributed by atoms with E-state index < -0.39 is 0 Å². The summed E-state index contributed by atoms with van der Waals surface area (Å²) in [6, 6.07) is 16.7. The molecule has 0 bridgehead atoms. The van der Waals surface area contributed by atoms with E-state index in [0.29, 0.717) is 11.6 Å². The number of imidazole rings is 1. The van der Waals surface area contributed by atoms with E-state index in [0.717, 1.165) is 48.1 Å². The first-order valence-corrected chi connectivity index (χ1v) is 10.8. The van der Waals surface area contributed by atoms with Gasteiger partial charge in [0.25, 0.3) is 0 Å². The second kappa shape index (κ2) is 8.16. The lowest BCUT2D eigenvalue weighted by molar-refractivity contribution is 0.0336. The molecule has 4 N–H and O–H groups in total. The molecule has 1 aromatic heterocycles. The third-order valence-corrected chi connectivity index (χ3v) is 6.40. The smallest absolute Gasteiger partial charge is 0.137 e. The number of nitrogens with zero attached hydrogens (tertiary/aromatic N) is 4. The Morgan fingerprint density at radius 1 is 1.13 bits per heavy atom. The lowest BCUT2D eigenvalue weighted by Gasteiger charge is -2.46. The first-order valence-electron chi connectivity index (χ1n) is 10.8. The Morgan fingerprint density at radius 3 is 2.65 bits per heavy atom. The summed E-state index contributed by atoms with van der Waals surface area (Å²) in [5.74, 6) is 0. The number of hydrogen-bond acceptors (Lipinski definition) is 6. The van der Waals surface area contributed by atoms with E-state index in [4.69, 9.17) is 5.73 Å². The molecule has 2 aliphatic heterocycles. The van der Waals surface area contributed by atoms with Crippen molar-refractivity contribution in [2.75, 3.05) is 20.1 Å². The van der Waals surface area contributed by atoms with Gasteiger partial charge in [-0.15, -0.1) is 0 Å². The standard InChI is InChI=1S/C24H27N7/c1-30-14-20(18-6-7-21-22(12-18)28-15-27-21)23(17-4-2-16(13-25)3-5-17)29-24(30)31-10-8-19(26)9-11-31/h2-7,12,14-15,19,23-24,29H,8-11,26H2,1H3,(H,27,28). The molecule has 0 aliphatic carbocycles. The molecule has 7 heteroatoms. The van der Waals surface area contributed by atoms with Crippen LogP contribution in [0.4, 0.5) is 0 Å². The van der Waals surface area contributed by atoms with Crippen molar-refractivity contribution >= 4 is 16.6 Å². The fourth-order valence-corrected chi connectivity index (χ4v) is 4.63. The number of aromatic amines is 1. The van der Waals surface area contributed by atoms with Crippen molar-refractivity contribution in [2.45, 2.75) is 31.2 Å². The number of rotatable bonds is 3. The zero-order valence-electron chi connectivity index (χ0n) is 17.6. The maximum absolute atomic E-state index is 9.21. The summed E-state index contributed by atoms with van der Waals surface area (Å²) in [6.45, 7) is 1.96. The van der Waals surface area contributed by atoms with Gasteiger partial charge in [-0.1, -0.05) is 18.2 Å². The number of aromatic nitrogens is 2. The number of hydrogen-bond donors (Lipinski definition) is 3. The van der Waals surface area contributed by atoms with Crippen LogP contribution in [0.2, 0.25) is 0 Å². The topological polar surface area (TPSA) is 97.0 Å². The van der Waals surface area contributed by atoms with Gasteiger partial charge in [-0.05, 0) is 53.8 Å². The van der Waals surface area contributed by atoms with E-state index in [1.54, 1.807) is 6.33 Å². The highest BCUT2D eigenvalue weighted by atomic mass is 15.5. The fraction of sp³-hybridized carbons (Fsp3) is 0.333. The largest absolute Gasteiger partial charge is 0.352 e. The van der Waals surface area contributed by atoms with Crippen LogP contribution in [-0.2, 0) is 0 Å². The van der Waals surface area contributed by atoms with E-state index in [-0.39, 0.29) is 12.3 Å². The summed E-state index contributed by atoms with van der Waals surface area (Å²) in [6.07, 6.45) is 6.09. The number of H-pyrrole nitrogens is 1. The van der Waals surface area contributed by atoms with Crippen LogP contribution in [0.3, 0.4) is 0 Å². The lowest BCUT2D eigenvalue weighted by Crippen LogP contribution is -2.59. The Balaban J connectivity index is 1.53. The highest BCUT2D eigenvalue weighted by molar-refractivity contribution is 5.82. The normalized spacial score (nSPS) is 23.0. The van der Waals surface area contributed by atoms with Gasteiger partial charge in [0, 0.05) is 32.4 Å². The highest BCUT2D eigenvalue weighted by Gasteiger charge is 2.33. The molecule has 2 atom stereocenters. The molecule has 0 spiro atoms. The molecule has 7 nitrogen and oxygen atoms in total. The second-order valence-corrected chi connectivity index (χ2v) is 8.46. The maximum atomic E-state index is 9.21. The van der Waals surface area contributed by atoms with Gasteiger partial charge in [0.2, 0.25) is 0 Å². The average molecular weight is 414 g/mol. The molecule has 2 aliphatic rings. The quantitative estimate of drug-likeness (QED) is 0.611. The Labute approximate surface area is 182 Å². The van der Waals surface area contributed by atoms with Gasteiger partial charge in [0.15, 0.2) is 0 Å². The molecule has 2 aromatic carbocycles. The van der Waals surface area contributed by atoms with Crippen molar-refractivity contribution in [3.8, 4) is 6.07 Å². The number of likely N-dealkylation sites (tertiary alicyclic amines) is 1. The van der Waals surface area contributed by atoms with Gasteiger partial charge in [-0.25, -0.2) is 4.98 Å². The van der Waals surface area contributed by atoms with Gasteiger partial charge < -0.3 is 15.6 Å². The number of nitrogens with two attached hydrogens (primary N) is 1. The Morgan fingerprint density at radius 2 is 1.90 bits per heavy atom. The lowest BCUT2D eigenvalue weighted by atomic mass is 9.91. The molecular weight excluding hydrogens is 386 g/mol. The average Bonchev–Trinajstić information content (AvgIpc) is 3.28.